The molecule has 4 rings (SSSR count). The van der Waals surface area contributed by atoms with E-state index in [1.54, 1.807) is 0 Å². The summed E-state index contributed by atoms with van der Waals surface area (Å²) in [5, 5.41) is 0. The number of carbonyl (C=O) groups is 1. The summed E-state index contributed by atoms with van der Waals surface area (Å²) in [4.78, 5) is 28.1. The maximum absolute atomic E-state index is 12.8. The number of morpholine rings is 1. The van der Waals surface area contributed by atoms with Gasteiger partial charge in [0, 0.05) is 33.2 Å². The van der Waals surface area contributed by atoms with Crippen molar-refractivity contribution in [3.8, 4) is 0 Å². The van der Waals surface area contributed by atoms with Crippen LogP contribution in [0.2, 0.25) is 0 Å². The summed E-state index contributed by atoms with van der Waals surface area (Å²) in [6.45, 7) is 4.35. The molecule has 1 aromatic carbocycles. The fourth-order valence-corrected chi connectivity index (χ4v) is 3.71. The number of benzene rings is 1. The molecule has 2 fully saturated rings. The van der Waals surface area contributed by atoms with Crippen LogP contribution in [0.4, 0.5) is 10.6 Å². The molecule has 138 valence electrons. The summed E-state index contributed by atoms with van der Waals surface area (Å²) < 4.78 is 5.35. The second kappa shape index (κ2) is 7.45. The lowest BCUT2D eigenvalue weighted by Gasteiger charge is -2.40. The summed E-state index contributed by atoms with van der Waals surface area (Å²) in [6, 6.07) is 8.20. The first-order valence-electron chi connectivity index (χ1n) is 9.28. The average molecular weight is 355 g/mol. The van der Waals surface area contributed by atoms with Crippen LogP contribution in [0.15, 0.2) is 30.5 Å². The van der Waals surface area contributed by atoms with E-state index in [9.17, 15) is 4.79 Å². The van der Waals surface area contributed by atoms with Gasteiger partial charge >= 0.3 is 6.03 Å². The Morgan fingerprint density at radius 1 is 1.19 bits per heavy atom. The molecule has 0 N–H and O–H groups in total. The van der Waals surface area contributed by atoms with Crippen LogP contribution in [0.3, 0.4) is 0 Å². The van der Waals surface area contributed by atoms with Crippen LogP contribution in [0, 0.1) is 0 Å². The van der Waals surface area contributed by atoms with Crippen LogP contribution in [0.1, 0.15) is 12.8 Å². The molecular weight excluding hydrogens is 330 g/mol. The number of piperidine rings is 1. The second-order valence-corrected chi connectivity index (χ2v) is 6.95. The molecule has 1 atom stereocenters. The number of anilines is 1. The zero-order valence-electron chi connectivity index (χ0n) is 15.2. The number of fused-ring (bicyclic) bond motifs is 1. The van der Waals surface area contributed by atoms with Gasteiger partial charge in [0.25, 0.3) is 0 Å². The van der Waals surface area contributed by atoms with Gasteiger partial charge in [-0.1, -0.05) is 12.1 Å². The zero-order valence-corrected chi connectivity index (χ0v) is 15.2. The summed E-state index contributed by atoms with van der Waals surface area (Å²) >= 11 is 0. The molecule has 2 aliphatic heterocycles. The van der Waals surface area contributed by atoms with Gasteiger partial charge in [0.15, 0.2) is 0 Å². The van der Waals surface area contributed by atoms with Crippen molar-refractivity contribution in [3.63, 3.8) is 0 Å². The molecule has 2 amide bonds. The van der Waals surface area contributed by atoms with E-state index in [1.807, 2.05) is 47.3 Å². The van der Waals surface area contributed by atoms with Gasteiger partial charge in [0.05, 0.1) is 36.5 Å². The maximum atomic E-state index is 12.8. The highest BCUT2D eigenvalue weighted by atomic mass is 16.5. The summed E-state index contributed by atoms with van der Waals surface area (Å²) in [5.74, 6) is 0.889. The molecule has 7 heteroatoms. The molecule has 7 nitrogen and oxygen atoms in total. The Hall–Kier alpha value is -2.41. The second-order valence-electron chi connectivity index (χ2n) is 6.95. The van der Waals surface area contributed by atoms with E-state index in [1.165, 1.54) is 0 Å². The van der Waals surface area contributed by atoms with E-state index < -0.39 is 0 Å². The van der Waals surface area contributed by atoms with E-state index >= 15 is 0 Å². The van der Waals surface area contributed by atoms with Gasteiger partial charge in [-0.05, 0) is 25.0 Å². The van der Waals surface area contributed by atoms with Crippen LogP contribution in [0.5, 0.6) is 0 Å². The van der Waals surface area contributed by atoms with E-state index in [0.717, 1.165) is 42.8 Å². The van der Waals surface area contributed by atoms with Gasteiger partial charge in [-0.3, -0.25) is 4.98 Å². The maximum Gasteiger partial charge on any atom is 0.320 e. The molecule has 1 aromatic heterocycles. The first-order chi connectivity index (χ1) is 12.7. The normalized spacial score (nSPS) is 21.0. The quantitative estimate of drug-likeness (QED) is 0.824. The molecule has 0 bridgehead atoms. The van der Waals surface area contributed by atoms with E-state index in [4.69, 9.17) is 9.72 Å². The first-order valence-corrected chi connectivity index (χ1v) is 9.28. The van der Waals surface area contributed by atoms with Crippen molar-refractivity contribution in [1.29, 1.82) is 0 Å². The molecule has 0 spiro atoms. The zero-order chi connectivity index (χ0) is 17.9. The minimum absolute atomic E-state index is 0.102. The fourth-order valence-electron chi connectivity index (χ4n) is 3.71. The predicted molar refractivity (Wildman–Crippen MR) is 100 cm³/mol. The van der Waals surface area contributed by atoms with E-state index in [-0.39, 0.29) is 12.1 Å². The Bertz CT molecular complexity index is 777. The van der Waals surface area contributed by atoms with Gasteiger partial charge in [0.2, 0.25) is 0 Å². The number of ether oxygens (including phenoxy) is 1. The van der Waals surface area contributed by atoms with Gasteiger partial charge < -0.3 is 19.4 Å². The Balaban J connectivity index is 1.46. The van der Waals surface area contributed by atoms with Crippen LogP contribution in [0.25, 0.3) is 11.0 Å². The lowest BCUT2D eigenvalue weighted by atomic mass is 10.0. The molecular formula is C19H25N5O2. The highest BCUT2D eigenvalue weighted by molar-refractivity contribution is 5.76. The highest BCUT2D eigenvalue weighted by Gasteiger charge is 2.30. The Morgan fingerprint density at radius 2 is 1.96 bits per heavy atom. The number of likely N-dealkylation sites (N-methyl/N-ethyl adjacent to an activating group) is 1. The Kier molecular flexibility index (Phi) is 4.88. The number of para-hydroxylation sites is 2. The van der Waals surface area contributed by atoms with Gasteiger partial charge in [-0.15, -0.1) is 0 Å². The van der Waals surface area contributed by atoms with Crippen molar-refractivity contribution in [2.75, 3.05) is 51.3 Å². The van der Waals surface area contributed by atoms with Crippen molar-refractivity contribution in [2.24, 2.45) is 0 Å². The van der Waals surface area contributed by atoms with Crippen molar-refractivity contribution in [3.05, 3.63) is 30.5 Å². The summed E-state index contributed by atoms with van der Waals surface area (Å²) in [7, 11) is 1.91. The molecule has 2 aromatic rings. The van der Waals surface area contributed by atoms with Crippen LogP contribution in [-0.4, -0.2) is 78.3 Å². The molecule has 26 heavy (non-hydrogen) atoms. The van der Waals surface area contributed by atoms with E-state index in [0.29, 0.717) is 26.3 Å². The van der Waals surface area contributed by atoms with Gasteiger partial charge in [-0.25, -0.2) is 9.78 Å². The minimum Gasteiger partial charge on any atom is -0.378 e. The lowest BCUT2D eigenvalue weighted by Crippen LogP contribution is -2.54. The molecule has 0 aliphatic carbocycles. The predicted octanol–water partition coefficient (Wildman–Crippen LogP) is 1.98. The molecule has 2 saturated heterocycles. The number of hydrogen-bond donors (Lipinski definition) is 0. The van der Waals surface area contributed by atoms with Crippen LogP contribution in [-0.2, 0) is 4.74 Å². The number of amides is 2. The summed E-state index contributed by atoms with van der Waals surface area (Å²) in [6.07, 6.45) is 3.90. The number of urea groups is 1. The van der Waals surface area contributed by atoms with Crippen molar-refractivity contribution in [2.45, 2.75) is 18.9 Å². The van der Waals surface area contributed by atoms with Gasteiger partial charge in [-0.2, -0.15) is 0 Å². The molecule has 0 saturated carbocycles. The number of carbonyl (C=O) groups excluding carboxylic acids is 1. The molecule has 1 unspecified atom stereocenters. The number of rotatable bonds is 2. The minimum atomic E-state index is 0.102. The molecule has 2 aliphatic rings. The average Bonchev–Trinajstić information content (AvgIpc) is 2.73. The highest BCUT2D eigenvalue weighted by Crippen LogP contribution is 2.22. The first kappa shape index (κ1) is 17.0. The van der Waals surface area contributed by atoms with Crippen LogP contribution < -0.4 is 4.90 Å². The monoisotopic (exact) mass is 355 g/mol. The van der Waals surface area contributed by atoms with Crippen molar-refractivity contribution >= 4 is 22.9 Å². The number of hydrogen-bond acceptors (Lipinski definition) is 5. The molecule has 3 heterocycles. The standard InChI is InChI=1S/C19H25N5O2/c1-22(19(25)23-9-11-26-12-10-23)15-5-4-8-24(14-15)18-13-20-16-6-2-3-7-17(16)21-18/h2-3,6-7,13,15H,4-5,8-12,14H2,1H3. The lowest BCUT2D eigenvalue weighted by molar-refractivity contribution is 0.0414. The number of aromatic nitrogens is 2. The third kappa shape index (κ3) is 3.44. The summed E-state index contributed by atoms with van der Waals surface area (Å²) in [5.41, 5.74) is 1.81. The Labute approximate surface area is 153 Å². The van der Waals surface area contributed by atoms with Gasteiger partial charge in [0.1, 0.15) is 5.82 Å². The topological polar surface area (TPSA) is 61.8 Å². The molecule has 0 radical (unpaired) electrons. The Morgan fingerprint density at radius 3 is 2.77 bits per heavy atom. The largest absolute Gasteiger partial charge is 0.378 e. The third-order valence-corrected chi connectivity index (χ3v) is 5.29. The number of nitrogens with zero attached hydrogens (tertiary/aromatic N) is 5. The van der Waals surface area contributed by atoms with Crippen molar-refractivity contribution in [1.82, 2.24) is 19.8 Å². The van der Waals surface area contributed by atoms with E-state index in [2.05, 4.69) is 9.88 Å². The van der Waals surface area contributed by atoms with Crippen LogP contribution >= 0.6 is 0 Å². The fraction of sp³-hybridized carbons (Fsp3) is 0.526. The van der Waals surface area contributed by atoms with Crippen molar-refractivity contribution < 1.29 is 9.53 Å². The smallest absolute Gasteiger partial charge is 0.320 e. The third-order valence-electron chi connectivity index (χ3n) is 5.29. The SMILES string of the molecule is CN(C(=O)N1CCOCC1)C1CCCN(c2cnc3ccccc3n2)C1.